The molecule has 0 aliphatic heterocycles. The quantitative estimate of drug-likeness (QED) is 0.562. The molecule has 6 nitrogen and oxygen atoms in total. The molecule has 0 atom stereocenters. The number of rotatable bonds is 8. The predicted molar refractivity (Wildman–Crippen MR) is 103 cm³/mol. The van der Waals surface area contributed by atoms with Crippen molar-refractivity contribution in [2.75, 3.05) is 24.6 Å². The molecule has 25 heavy (non-hydrogen) atoms. The number of carbonyl (C=O) groups excluding carboxylic acids is 1. The van der Waals surface area contributed by atoms with Gasteiger partial charge in [0.05, 0.1) is 11.1 Å². The minimum absolute atomic E-state index is 0.118. The number of hydrogen-bond donors (Lipinski definition) is 1. The van der Waals surface area contributed by atoms with Crippen LogP contribution < -0.4 is 15.1 Å². The average Bonchev–Trinajstić information content (AvgIpc) is 3.04. The summed E-state index contributed by atoms with van der Waals surface area (Å²) in [5.41, 5.74) is 3.32. The zero-order chi connectivity index (χ0) is 18.2. The molecule has 0 spiro atoms. The SMILES string of the molecule is CCN(CC)c1ncc(/C=N\NC(=O)COc2ccc(Cl)cc2C)s1. The van der Waals surface area contributed by atoms with Gasteiger partial charge in [-0.05, 0) is 44.5 Å². The summed E-state index contributed by atoms with van der Waals surface area (Å²) in [6.07, 6.45) is 3.32. The maximum atomic E-state index is 11.8. The van der Waals surface area contributed by atoms with E-state index >= 15 is 0 Å². The van der Waals surface area contributed by atoms with Gasteiger partial charge < -0.3 is 9.64 Å². The van der Waals surface area contributed by atoms with Crippen LogP contribution >= 0.6 is 22.9 Å². The maximum absolute atomic E-state index is 11.8. The highest BCUT2D eigenvalue weighted by Gasteiger charge is 2.07. The van der Waals surface area contributed by atoms with Crippen LogP contribution in [0.15, 0.2) is 29.5 Å². The Labute approximate surface area is 156 Å². The van der Waals surface area contributed by atoms with Gasteiger partial charge in [-0.15, -0.1) is 0 Å². The number of hydrogen-bond acceptors (Lipinski definition) is 6. The summed E-state index contributed by atoms with van der Waals surface area (Å²) in [5.74, 6) is 0.286. The first-order valence-corrected chi connectivity index (χ1v) is 9.14. The highest BCUT2D eigenvalue weighted by atomic mass is 35.5. The first-order valence-electron chi connectivity index (χ1n) is 7.95. The summed E-state index contributed by atoms with van der Waals surface area (Å²) >= 11 is 7.41. The van der Waals surface area contributed by atoms with Crippen LogP contribution in [0.1, 0.15) is 24.3 Å². The molecule has 1 amide bonds. The molecule has 0 aliphatic rings. The molecule has 2 aromatic rings. The molecule has 0 unspecified atom stereocenters. The molecule has 0 saturated heterocycles. The standard InChI is InChI=1S/C17H21ClN4O2S/c1-4-22(5-2)17-19-9-14(25-17)10-20-21-16(23)11-24-15-7-6-13(18)8-12(15)3/h6-10H,4-5,11H2,1-3H3,(H,21,23)/b20-10-. The molecular formula is C17H21ClN4O2S. The molecule has 2 rings (SSSR count). The van der Waals surface area contributed by atoms with Crippen molar-refractivity contribution in [3.05, 3.63) is 39.9 Å². The molecule has 1 N–H and O–H groups in total. The molecule has 0 radical (unpaired) electrons. The first-order chi connectivity index (χ1) is 12.0. The lowest BCUT2D eigenvalue weighted by molar-refractivity contribution is -0.123. The number of aromatic nitrogens is 1. The number of halogens is 1. The van der Waals surface area contributed by atoms with E-state index in [1.54, 1.807) is 30.6 Å². The van der Waals surface area contributed by atoms with E-state index in [1.807, 2.05) is 6.92 Å². The molecule has 0 bridgehead atoms. The van der Waals surface area contributed by atoms with E-state index in [0.29, 0.717) is 10.8 Å². The van der Waals surface area contributed by atoms with Crippen molar-refractivity contribution in [2.45, 2.75) is 20.8 Å². The molecule has 0 saturated carbocycles. The van der Waals surface area contributed by atoms with Gasteiger partial charge in [0.15, 0.2) is 11.7 Å². The summed E-state index contributed by atoms with van der Waals surface area (Å²) in [6.45, 7) is 7.72. The lowest BCUT2D eigenvalue weighted by Crippen LogP contribution is -2.24. The second-order valence-corrected chi connectivity index (χ2v) is 6.69. The Morgan fingerprint density at radius 3 is 2.88 bits per heavy atom. The van der Waals surface area contributed by atoms with E-state index in [1.165, 1.54) is 11.3 Å². The monoisotopic (exact) mass is 380 g/mol. The minimum Gasteiger partial charge on any atom is -0.483 e. The zero-order valence-corrected chi connectivity index (χ0v) is 16.0. The van der Waals surface area contributed by atoms with E-state index in [4.69, 9.17) is 16.3 Å². The van der Waals surface area contributed by atoms with Crippen LogP contribution in [0.5, 0.6) is 5.75 Å². The van der Waals surface area contributed by atoms with E-state index in [-0.39, 0.29) is 12.5 Å². The van der Waals surface area contributed by atoms with Crippen molar-refractivity contribution in [1.82, 2.24) is 10.4 Å². The number of carbonyl (C=O) groups is 1. The molecule has 1 heterocycles. The normalized spacial score (nSPS) is 10.9. The smallest absolute Gasteiger partial charge is 0.277 e. The largest absolute Gasteiger partial charge is 0.483 e. The Balaban J connectivity index is 1.82. The van der Waals surface area contributed by atoms with Crippen LogP contribution in [0, 0.1) is 6.92 Å². The third kappa shape index (κ3) is 5.72. The summed E-state index contributed by atoms with van der Waals surface area (Å²) < 4.78 is 5.46. The maximum Gasteiger partial charge on any atom is 0.277 e. The van der Waals surface area contributed by atoms with Crippen molar-refractivity contribution < 1.29 is 9.53 Å². The fourth-order valence-corrected chi connectivity index (χ4v) is 3.24. The summed E-state index contributed by atoms with van der Waals surface area (Å²) in [6, 6.07) is 5.24. The number of ether oxygens (including phenoxy) is 1. The fourth-order valence-electron chi connectivity index (χ4n) is 2.10. The zero-order valence-electron chi connectivity index (χ0n) is 14.5. The van der Waals surface area contributed by atoms with Gasteiger partial charge >= 0.3 is 0 Å². The van der Waals surface area contributed by atoms with E-state index in [9.17, 15) is 4.79 Å². The van der Waals surface area contributed by atoms with E-state index in [2.05, 4.69) is 34.3 Å². The topological polar surface area (TPSA) is 66.8 Å². The molecule has 1 aromatic heterocycles. The van der Waals surface area contributed by atoms with Gasteiger partial charge in [-0.2, -0.15) is 5.10 Å². The molecular weight excluding hydrogens is 360 g/mol. The van der Waals surface area contributed by atoms with Gasteiger partial charge in [-0.3, -0.25) is 4.79 Å². The average molecular weight is 381 g/mol. The van der Waals surface area contributed by atoms with Gasteiger partial charge in [0.25, 0.3) is 5.91 Å². The number of amides is 1. The number of thiazole rings is 1. The predicted octanol–water partition coefficient (Wildman–Crippen LogP) is 3.48. The Bertz CT molecular complexity index is 744. The fraction of sp³-hybridized carbons (Fsp3) is 0.353. The third-order valence-corrected chi connectivity index (χ3v) is 4.65. The Hall–Kier alpha value is -2.12. The van der Waals surface area contributed by atoms with Crippen molar-refractivity contribution >= 4 is 40.2 Å². The van der Waals surface area contributed by atoms with Crippen LogP contribution in [0.2, 0.25) is 5.02 Å². The minimum atomic E-state index is -0.334. The third-order valence-electron chi connectivity index (χ3n) is 3.42. The van der Waals surface area contributed by atoms with E-state index in [0.717, 1.165) is 28.7 Å². The van der Waals surface area contributed by atoms with Crippen LogP contribution in [-0.4, -0.2) is 36.8 Å². The number of anilines is 1. The van der Waals surface area contributed by atoms with Gasteiger partial charge in [0.1, 0.15) is 5.75 Å². The van der Waals surface area contributed by atoms with Gasteiger partial charge in [-0.1, -0.05) is 22.9 Å². The van der Waals surface area contributed by atoms with Crippen molar-refractivity contribution in [3.8, 4) is 5.75 Å². The summed E-state index contributed by atoms with van der Waals surface area (Å²) in [4.78, 5) is 19.2. The first kappa shape index (κ1) is 19.2. The number of nitrogens with one attached hydrogen (secondary N) is 1. The Morgan fingerprint density at radius 1 is 1.44 bits per heavy atom. The molecule has 0 fully saturated rings. The number of benzene rings is 1. The molecule has 134 valence electrons. The second-order valence-electron chi connectivity index (χ2n) is 5.21. The van der Waals surface area contributed by atoms with Gasteiger partial charge in [-0.25, -0.2) is 10.4 Å². The van der Waals surface area contributed by atoms with E-state index < -0.39 is 0 Å². The van der Waals surface area contributed by atoms with Crippen molar-refractivity contribution in [2.24, 2.45) is 5.10 Å². The Morgan fingerprint density at radius 2 is 2.20 bits per heavy atom. The second kappa shape index (κ2) is 9.39. The number of nitrogens with zero attached hydrogens (tertiary/aromatic N) is 3. The Kier molecular flexibility index (Phi) is 7.21. The molecule has 8 heteroatoms. The van der Waals surface area contributed by atoms with Gasteiger partial charge in [0, 0.05) is 24.3 Å². The van der Waals surface area contributed by atoms with Crippen LogP contribution in [-0.2, 0) is 4.79 Å². The molecule has 0 aliphatic carbocycles. The summed E-state index contributed by atoms with van der Waals surface area (Å²) in [5, 5.41) is 5.52. The number of aryl methyl sites for hydroxylation is 1. The van der Waals surface area contributed by atoms with Crippen LogP contribution in [0.3, 0.4) is 0 Å². The van der Waals surface area contributed by atoms with Crippen LogP contribution in [0.4, 0.5) is 5.13 Å². The highest BCUT2D eigenvalue weighted by Crippen LogP contribution is 2.22. The van der Waals surface area contributed by atoms with Crippen LogP contribution in [0.25, 0.3) is 0 Å². The van der Waals surface area contributed by atoms with Crippen molar-refractivity contribution in [3.63, 3.8) is 0 Å². The summed E-state index contributed by atoms with van der Waals surface area (Å²) in [7, 11) is 0. The highest BCUT2D eigenvalue weighted by molar-refractivity contribution is 7.17. The molecule has 1 aromatic carbocycles. The van der Waals surface area contributed by atoms with Gasteiger partial charge in [0.2, 0.25) is 0 Å². The van der Waals surface area contributed by atoms with Crippen molar-refractivity contribution in [1.29, 1.82) is 0 Å². The lowest BCUT2D eigenvalue weighted by atomic mass is 10.2. The lowest BCUT2D eigenvalue weighted by Gasteiger charge is -2.16. The number of hydrazone groups is 1.